The molecule has 11 rings (SSSR count). The van der Waals surface area contributed by atoms with Gasteiger partial charge in [0, 0.05) is 106 Å². The number of likely N-dealkylation sites (tertiary alicyclic amines) is 3. The Kier molecular flexibility index (Phi) is 15.1. The van der Waals surface area contributed by atoms with Crippen molar-refractivity contribution in [3.05, 3.63) is 142 Å². The van der Waals surface area contributed by atoms with E-state index in [0.29, 0.717) is 41.0 Å². The van der Waals surface area contributed by atoms with E-state index in [9.17, 15) is 24.3 Å². The van der Waals surface area contributed by atoms with Crippen LogP contribution in [0.2, 0.25) is 0 Å². The highest BCUT2D eigenvalue weighted by atomic mass is 16.5. The third-order valence-corrected chi connectivity index (χ3v) is 17.1. The zero-order valence-electron chi connectivity index (χ0n) is 44.6. The number of rotatable bonds is 15. The number of aryl methyl sites for hydroxylation is 1. The molecule has 3 amide bonds. The Bertz CT molecular complexity index is 3310. The minimum atomic E-state index is -0.834. The summed E-state index contributed by atoms with van der Waals surface area (Å²) in [5.41, 5.74) is 15.1. The Hall–Kier alpha value is -7.18. The van der Waals surface area contributed by atoms with E-state index in [4.69, 9.17) is 15.5 Å². The summed E-state index contributed by atoms with van der Waals surface area (Å²) < 4.78 is 10.6. The Balaban J connectivity index is 0.638. The maximum absolute atomic E-state index is 14.0. The molecule has 7 aromatic rings. The number of carbonyl (C=O) groups excluding carboxylic acids is 3. The lowest BCUT2D eigenvalue weighted by molar-refractivity contribution is -0.151. The average Bonchev–Trinajstić information content (AvgIpc) is 3.94. The van der Waals surface area contributed by atoms with Crippen molar-refractivity contribution in [2.75, 3.05) is 78.4 Å². The van der Waals surface area contributed by atoms with Crippen molar-refractivity contribution in [2.24, 2.45) is 13.0 Å². The van der Waals surface area contributed by atoms with Gasteiger partial charge in [0.1, 0.15) is 23.3 Å². The van der Waals surface area contributed by atoms with Gasteiger partial charge in [-0.1, -0.05) is 30.3 Å². The number of aromatic nitrogens is 5. The number of methoxy groups -OCH3 is 1. The summed E-state index contributed by atoms with van der Waals surface area (Å²) in [5.74, 6) is 1.65. The maximum atomic E-state index is 14.0. The minimum absolute atomic E-state index is 0.0989. The van der Waals surface area contributed by atoms with Gasteiger partial charge in [-0.05, 0) is 147 Å². The average molecular weight is 1040 g/mol. The van der Waals surface area contributed by atoms with Crippen LogP contribution in [0.25, 0.3) is 33.2 Å². The Morgan fingerprint density at radius 1 is 0.779 bits per heavy atom. The fraction of sp³-hybridized carbons (Fsp3) is 0.433. The number of hydrogen-bond donors (Lipinski definition) is 2. The number of nitrogens with zero attached hydrogens (tertiary/aromatic N) is 10. The van der Waals surface area contributed by atoms with Gasteiger partial charge in [0.25, 0.3) is 11.8 Å². The van der Waals surface area contributed by atoms with Crippen LogP contribution in [-0.4, -0.2) is 144 Å². The van der Waals surface area contributed by atoms with Crippen molar-refractivity contribution < 1.29 is 24.2 Å². The number of hydrogen-bond acceptors (Lipinski definition) is 12. The van der Waals surface area contributed by atoms with E-state index in [0.717, 1.165) is 123 Å². The molecule has 0 bridgehead atoms. The maximum Gasteiger partial charge on any atom is 0.329 e. The van der Waals surface area contributed by atoms with Crippen molar-refractivity contribution >= 4 is 45.6 Å². The quantitative estimate of drug-likeness (QED) is 0.102. The molecule has 2 atom stereocenters. The number of piperidine rings is 3. The van der Waals surface area contributed by atoms with Crippen molar-refractivity contribution in [3.8, 4) is 16.9 Å². The first-order valence-corrected chi connectivity index (χ1v) is 27.5. The molecule has 17 nitrogen and oxygen atoms in total. The summed E-state index contributed by atoms with van der Waals surface area (Å²) in [6.45, 7) is 11.3. The summed E-state index contributed by atoms with van der Waals surface area (Å²) in [5, 5.41) is 11.1. The smallest absolute Gasteiger partial charge is 0.329 e. The number of nitrogen functional groups attached to an aromatic ring is 1. The first-order valence-electron chi connectivity index (χ1n) is 27.5. The molecule has 4 fully saturated rings. The molecule has 0 saturated carbocycles. The first kappa shape index (κ1) is 51.9. The van der Waals surface area contributed by atoms with Gasteiger partial charge >= 0.3 is 5.69 Å². The highest BCUT2D eigenvalue weighted by Crippen LogP contribution is 2.37. The number of amides is 3. The van der Waals surface area contributed by atoms with Crippen molar-refractivity contribution in [2.45, 2.75) is 83.1 Å². The lowest BCUT2D eigenvalue weighted by atomic mass is 9.88. The Morgan fingerprint density at radius 2 is 1.51 bits per heavy atom. The minimum Gasteiger partial charge on any atom is -0.497 e. The van der Waals surface area contributed by atoms with Gasteiger partial charge in [-0.3, -0.25) is 38.2 Å². The molecular weight excluding hydrogens is 971 g/mol. The van der Waals surface area contributed by atoms with Gasteiger partial charge in [0.05, 0.1) is 37.8 Å². The zero-order chi connectivity index (χ0) is 53.3. The van der Waals surface area contributed by atoms with Crippen molar-refractivity contribution in [3.63, 3.8) is 0 Å². The van der Waals surface area contributed by atoms with Gasteiger partial charge in [-0.25, -0.2) is 14.8 Å². The molecule has 3 N–H and O–H groups in total. The second kappa shape index (κ2) is 22.4. The molecule has 17 heteroatoms. The molecule has 4 aromatic heterocycles. The summed E-state index contributed by atoms with van der Waals surface area (Å²) in [6, 6.07) is 29.2. The Morgan fingerprint density at radius 3 is 2.21 bits per heavy atom. The first-order chi connectivity index (χ1) is 37.4. The number of imidazole rings is 1. The standard InChI is InChI=1S/C60H71N11O6/c1-40(53-35-50-49(18-23-62-57(50)64(53)2)47-11-16-55(61)63-36-47)67-26-21-45(22-27-67)44-7-9-46(10-8-44)58(74)68-24-19-42(20-25-68)37-65-28-30-66(31-29-65)38-43-6-14-51-54(34-43)69(32-33-72)60(76)71(51)52-15-17-56(73)70(59(52)75)39-41-4-12-48(77-3)13-5-41/h4-14,16,18,23,34-36,40,42,45,52,72H,15,17,19-22,24-33,37-39H2,1-3H3,(H2,61,63)/t40-,52?/m0/s1. The van der Waals surface area contributed by atoms with E-state index in [-0.39, 0.29) is 56.1 Å². The molecule has 402 valence electrons. The van der Waals surface area contributed by atoms with Crippen LogP contribution in [0.15, 0.2) is 108 Å². The highest BCUT2D eigenvalue weighted by Gasteiger charge is 2.38. The van der Waals surface area contributed by atoms with Crippen LogP contribution in [0.5, 0.6) is 5.75 Å². The number of pyridine rings is 2. The van der Waals surface area contributed by atoms with E-state index < -0.39 is 11.9 Å². The third kappa shape index (κ3) is 10.7. The number of imide groups is 1. The number of aliphatic hydroxyl groups is 1. The van der Waals surface area contributed by atoms with Gasteiger partial charge < -0.3 is 29.9 Å². The lowest BCUT2D eigenvalue weighted by Gasteiger charge is -2.39. The summed E-state index contributed by atoms with van der Waals surface area (Å²) in [4.78, 5) is 74.8. The van der Waals surface area contributed by atoms with Gasteiger partial charge in [-0.2, -0.15) is 0 Å². The van der Waals surface area contributed by atoms with Gasteiger partial charge in [0.15, 0.2) is 0 Å². The number of benzene rings is 3. The zero-order valence-corrected chi connectivity index (χ0v) is 44.6. The van der Waals surface area contributed by atoms with Crippen molar-refractivity contribution in [1.82, 2.24) is 48.2 Å². The van der Waals surface area contributed by atoms with Crippen molar-refractivity contribution in [1.29, 1.82) is 0 Å². The van der Waals surface area contributed by atoms with E-state index in [1.807, 2.05) is 71.9 Å². The molecule has 77 heavy (non-hydrogen) atoms. The second-order valence-corrected chi connectivity index (χ2v) is 21.7. The van der Waals surface area contributed by atoms with Gasteiger partial charge in [-0.15, -0.1) is 0 Å². The number of fused-ring (bicyclic) bond motifs is 2. The summed E-state index contributed by atoms with van der Waals surface area (Å²) >= 11 is 0. The summed E-state index contributed by atoms with van der Waals surface area (Å²) in [6.07, 6.45) is 8.20. The van der Waals surface area contributed by atoms with Crippen LogP contribution in [-0.2, 0) is 36.3 Å². The highest BCUT2D eigenvalue weighted by molar-refractivity contribution is 6.00. The van der Waals surface area contributed by atoms with Gasteiger partial charge in [0.2, 0.25) is 5.91 Å². The SMILES string of the molecule is COc1ccc(CN2C(=O)CCC(n3c(=O)n(CCO)c4cc(CN5CCN(CC6CCN(C(=O)c7ccc(C8CCN([C@@H](C)c9cc%10c(-c%11ccc(N)nc%11)ccnc%10n9C)CC8)cc7)CC6)CC5)ccc43)C2=O)cc1. The molecular formula is C60H71N11O6. The van der Waals surface area contributed by atoms with E-state index >= 15 is 0 Å². The van der Waals surface area contributed by atoms with Crippen LogP contribution >= 0.6 is 0 Å². The predicted molar refractivity (Wildman–Crippen MR) is 297 cm³/mol. The molecule has 1 unspecified atom stereocenters. The number of ether oxygens (including phenoxy) is 1. The molecule has 8 heterocycles. The van der Waals surface area contributed by atoms with E-state index in [1.165, 1.54) is 20.7 Å². The van der Waals surface area contributed by atoms with E-state index in [1.54, 1.807) is 23.8 Å². The molecule has 4 aliphatic rings. The number of nitrogens with two attached hydrogens (primary N) is 1. The van der Waals surface area contributed by atoms with Crippen LogP contribution in [0.3, 0.4) is 0 Å². The van der Waals surface area contributed by atoms with Crippen LogP contribution in [0.1, 0.15) is 96.2 Å². The largest absolute Gasteiger partial charge is 0.497 e. The monoisotopic (exact) mass is 1040 g/mol. The summed E-state index contributed by atoms with van der Waals surface area (Å²) in [7, 11) is 3.69. The molecule has 0 radical (unpaired) electrons. The normalized spacial score (nSPS) is 19.2. The third-order valence-electron chi connectivity index (χ3n) is 17.1. The number of aliphatic hydroxyl groups excluding tert-OH is 1. The number of piperazine rings is 1. The lowest BCUT2D eigenvalue weighted by Crippen LogP contribution is -2.48. The van der Waals surface area contributed by atoms with Crippen LogP contribution in [0.4, 0.5) is 5.82 Å². The topological polar surface area (TPSA) is 181 Å². The Labute approximate surface area is 449 Å². The number of anilines is 1. The molecule has 0 spiro atoms. The second-order valence-electron chi connectivity index (χ2n) is 21.7. The fourth-order valence-electron chi connectivity index (χ4n) is 12.6. The molecule has 3 aromatic carbocycles. The van der Waals surface area contributed by atoms with Crippen LogP contribution in [0, 0.1) is 5.92 Å². The predicted octanol–water partition coefficient (Wildman–Crippen LogP) is 6.84. The molecule has 4 saturated heterocycles. The molecule has 4 aliphatic heterocycles. The van der Waals surface area contributed by atoms with Crippen LogP contribution < -0.4 is 16.2 Å². The number of carbonyl (C=O) groups is 3. The molecule has 0 aliphatic carbocycles. The fourth-order valence-corrected chi connectivity index (χ4v) is 12.6. The van der Waals surface area contributed by atoms with E-state index in [2.05, 4.69) is 62.5 Å².